The molecule has 3 heterocycles. The number of carbonyl (C=O) groups excluding carboxylic acids is 3. The van der Waals surface area contributed by atoms with Crippen molar-refractivity contribution in [2.24, 2.45) is 0 Å². The van der Waals surface area contributed by atoms with E-state index in [0.29, 0.717) is 32.0 Å². The lowest BCUT2D eigenvalue weighted by Crippen LogP contribution is -2.32. The van der Waals surface area contributed by atoms with Crippen LogP contribution >= 0.6 is 35.0 Å². The van der Waals surface area contributed by atoms with Gasteiger partial charge in [-0.3, -0.25) is 9.59 Å². The van der Waals surface area contributed by atoms with E-state index >= 15 is 0 Å². The molecule has 14 heteroatoms. The second kappa shape index (κ2) is 12.6. The largest absolute Gasteiger partial charge is 0.453 e. The van der Waals surface area contributed by atoms with Gasteiger partial charge in [-0.25, -0.2) is 24.1 Å². The van der Waals surface area contributed by atoms with Gasteiger partial charge >= 0.3 is 6.09 Å². The molecule has 0 fully saturated rings. The first-order valence-corrected chi connectivity index (χ1v) is 13.9. The van der Waals surface area contributed by atoms with Crippen molar-refractivity contribution in [3.63, 3.8) is 0 Å². The number of halogens is 2. The molecule has 0 saturated heterocycles. The van der Waals surface area contributed by atoms with Crippen molar-refractivity contribution in [1.82, 2.24) is 34.4 Å². The van der Waals surface area contributed by atoms with Crippen LogP contribution in [0.2, 0.25) is 10.0 Å². The minimum atomic E-state index is -0.662. The van der Waals surface area contributed by atoms with Crippen LogP contribution in [0.1, 0.15) is 37.7 Å². The number of aryl methyl sites for hydroxylation is 1. The quantitative estimate of drug-likeness (QED) is 0.190. The summed E-state index contributed by atoms with van der Waals surface area (Å²) < 4.78 is 7.69. The van der Waals surface area contributed by atoms with Crippen LogP contribution in [0.3, 0.4) is 0 Å². The molecule has 0 aliphatic heterocycles. The van der Waals surface area contributed by atoms with E-state index in [-0.39, 0.29) is 48.2 Å². The summed E-state index contributed by atoms with van der Waals surface area (Å²) in [4.78, 5) is 48.5. The number of methoxy groups -OCH3 is 1. The SMILES string of the molecule is COC(=O)N(C)CC(=O)c1cc(Cl)cc(C)c1CC(=O)c1cc(Cn2cnc(SC)n2)nn1-c1ncccc1Cl. The van der Waals surface area contributed by atoms with Crippen LogP contribution < -0.4 is 0 Å². The van der Waals surface area contributed by atoms with Gasteiger partial charge in [-0.15, -0.1) is 5.10 Å². The van der Waals surface area contributed by atoms with Gasteiger partial charge in [0.05, 0.1) is 30.9 Å². The number of thioether (sulfide) groups is 1. The van der Waals surface area contributed by atoms with E-state index in [1.807, 2.05) is 6.26 Å². The molecule has 0 atom stereocenters. The molecule has 40 heavy (non-hydrogen) atoms. The molecule has 1 amide bonds. The van der Waals surface area contributed by atoms with E-state index in [1.54, 1.807) is 48.4 Å². The Kier molecular flexibility index (Phi) is 9.23. The molecule has 0 unspecified atom stereocenters. The Morgan fingerprint density at radius 2 is 1.88 bits per heavy atom. The number of amides is 1. The zero-order valence-corrected chi connectivity index (χ0v) is 24.4. The average Bonchev–Trinajstić information content (AvgIpc) is 3.56. The van der Waals surface area contributed by atoms with Crippen molar-refractivity contribution in [3.05, 3.63) is 81.0 Å². The van der Waals surface area contributed by atoms with Gasteiger partial charge in [-0.05, 0) is 54.6 Å². The first-order chi connectivity index (χ1) is 19.1. The molecular formula is C26H25Cl2N7O4S. The van der Waals surface area contributed by atoms with E-state index in [2.05, 4.69) is 24.9 Å². The number of ketones is 2. The topological polar surface area (TPSA) is 125 Å². The Labute approximate surface area is 244 Å². The minimum absolute atomic E-state index is 0.137. The van der Waals surface area contributed by atoms with E-state index < -0.39 is 6.09 Å². The van der Waals surface area contributed by atoms with Crippen LogP contribution in [-0.4, -0.2) is 79.0 Å². The number of ether oxygens (including phenoxy) is 1. The summed E-state index contributed by atoms with van der Waals surface area (Å²) in [6.45, 7) is 1.77. The van der Waals surface area contributed by atoms with Crippen LogP contribution in [-0.2, 0) is 17.7 Å². The van der Waals surface area contributed by atoms with Gasteiger partial charge in [-0.2, -0.15) is 5.10 Å². The molecule has 0 aliphatic rings. The molecule has 0 spiro atoms. The van der Waals surface area contributed by atoms with Gasteiger partial charge in [0, 0.05) is 30.3 Å². The first kappa shape index (κ1) is 29.2. The van der Waals surface area contributed by atoms with Crippen molar-refractivity contribution in [2.45, 2.75) is 25.0 Å². The van der Waals surface area contributed by atoms with Crippen molar-refractivity contribution in [1.29, 1.82) is 0 Å². The molecule has 1 aromatic carbocycles. The first-order valence-electron chi connectivity index (χ1n) is 11.9. The Hall–Kier alpha value is -3.74. The van der Waals surface area contributed by atoms with Gasteiger partial charge in [0.1, 0.15) is 12.0 Å². The molecule has 208 valence electrons. The highest BCUT2D eigenvalue weighted by molar-refractivity contribution is 7.98. The molecule has 11 nitrogen and oxygen atoms in total. The lowest BCUT2D eigenvalue weighted by molar-refractivity contribution is 0.0908. The normalized spacial score (nSPS) is 10.9. The van der Waals surface area contributed by atoms with Crippen LogP contribution in [0.5, 0.6) is 0 Å². The van der Waals surface area contributed by atoms with E-state index in [0.717, 1.165) is 4.90 Å². The Bertz CT molecular complexity index is 1590. The van der Waals surface area contributed by atoms with Gasteiger partial charge in [-0.1, -0.05) is 35.0 Å². The number of Topliss-reactive ketones (excluding diaryl/α,β-unsaturated/α-hetero) is 2. The maximum Gasteiger partial charge on any atom is 0.409 e. The molecule has 0 N–H and O–H groups in total. The number of benzene rings is 1. The van der Waals surface area contributed by atoms with Crippen molar-refractivity contribution >= 4 is 52.6 Å². The summed E-state index contributed by atoms with van der Waals surface area (Å²) in [7, 11) is 2.67. The smallest absolute Gasteiger partial charge is 0.409 e. The lowest BCUT2D eigenvalue weighted by Gasteiger charge is -2.17. The van der Waals surface area contributed by atoms with Gasteiger partial charge in [0.25, 0.3) is 0 Å². The summed E-state index contributed by atoms with van der Waals surface area (Å²) >= 11 is 14.1. The molecule has 4 aromatic rings. The molecule has 0 saturated carbocycles. The third-order valence-corrected chi connectivity index (χ3v) is 7.02. The number of nitrogens with zero attached hydrogens (tertiary/aromatic N) is 7. The second-order valence-corrected chi connectivity index (χ2v) is 10.4. The number of rotatable bonds is 10. The van der Waals surface area contributed by atoms with Crippen molar-refractivity contribution in [2.75, 3.05) is 27.0 Å². The maximum absolute atomic E-state index is 13.8. The Balaban J connectivity index is 1.72. The van der Waals surface area contributed by atoms with Crippen molar-refractivity contribution in [3.8, 4) is 5.82 Å². The standard InChI is InChI=1S/C26H25Cl2N7O4S/c1-15-8-16(27)9-19(23(37)13-33(2)26(38)39-3)18(15)11-22(36)21-10-17(12-34-14-30-25(32-34)40-4)31-35(21)24-20(28)6-5-7-29-24/h5-10,14H,11-13H2,1-4H3. The number of carbonyl (C=O) groups is 3. The molecule has 0 bridgehead atoms. The number of likely N-dealkylation sites (N-methyl/N-ethyl adjacent to an activating group) is 1. The van der Waals surface area contributed by atoms with E-state index in [4.69, 9.17) is 23.2 Å². The molecular weight excluding hydrogens is 577 g/mol. The predicted octanol–water partition coefficient (Wildman–Crippen LogP) is 4.55. The van der Waals surface area contributed by atoms with Gasteiger partial charge in [0.2, 0.25) is 5.16 Å². The zero-order chi connectivity index (χ0) is 29.0. The molecule has 3 aromatic heterocycles. The number of aromatic nitrogens is 6. The highest BCUT2D eigenvalue weighted by Gasteiger charge is 2.24. The second-order valence-electron chi connectivity index (χ2n) is 8.77. The summed E-state index contributed by atoms with van der Waals surface area (Å²) in [5, 5.41) is 10.2. The highest BCUT2D eigenvalue weighted by Crippen LogP contribution is 2.25. The third kappa shape index (κ3) is 6.52. The fourth-order valence-electron chi connectivity index (χ4n) is 4.04. The fraction of sp³-hybridized carbons (Fsp3) is 0.269. The van der Waals surface area contributed by atoms with Crippen molar-refractivity contribution < 1.29 is 19.1 Å². The third-order valence-electron chi connectivity index (χ3n) is 5.95. The van der Waals surface area contributed by atoms with Gasteiger partial charge in [0.15, 0.2) is 17.4 Å². The molecule has 4 rings (SSSR count). The summed E-state index contributed by atoms with van der Waals surface area (Å²) in [5.41, 5.74) is 2.13. The minimum Gasteiger partial charge on any atom is -0.453 e. The van der Waals surface area contributed by atoms with Gasteiger partial charge < -0.3 is 9.64 Å². The Morgan fingerprint density at radius 3 is 2.55 bits per heavy atom. The number of hydrogen-bond donors (Lipinski definition) is 0. The van der Waals surface area contributed by atoms with E-state index in [9.17, 15) is 14.4 Å². The summed E-state index contributed by atoms with van der Waals surface area (Å²) in [5.74, 6) is -0.435. The number of hydrogen-bond acceptors (Lipinski definition) is 9. The van der Waals surface area contributed by atoms with E-state index in [1.165, 1.54) is 36.7 Å². The lowest BCUT2D eigenvalue weighted by atomic mass is 9.93. The monoisotopic (exact) mass is 601 g/mol. The van der Waals surface area contributed by atoms with Crippen LogP contribution in [0.25, 0.3) is 5.82 Å². The average molecular weight is 603 g/mol. The highest BCUT2D eigenvalue weighted by atomic mass is 35.5. The summed E-state index contributed by atoms with van der Waals surface area (Å²) in [6, 6.07) is 8.15. The molecule has 0 aliphatic carbocycles. The summed E-state index contributed by atoms with van der Waals surface area (Å²) in [6.07, 6.45) is 4.21. The maximum atomic E-state index is 13.8. The number of pyridine rings is 1. The van der Waals surface area contributed by atoms with Crippen LogP contribution in [0.4, 0.5) is 4.79 Å². The van der Waals surface area contributed by atoms with Crippen LogP contribution in [0.15, 0.2) is 48.0 Å². The predicted molar refractivity (Wildman–Crippen MR) is 151 cm³/mol. The molecule has 0 radical (unpaired) electrons. The fourth-order valence-corrected chi connectivity index (χ4v) is 4.86. The zero-order valence-electron chi connectivity index (χ0n) is 22.1. The van der Waals surface area contributed by atoms with Crippen LogP contribution in [0, 0.1) is 6.92 Å². The Morgan fingerprint density at radius 1 is 1.10 bits per heavy atom.